The number of nitrogen functional groups attached to an aromatic ring is 1. The fourth-order valence-electron chi connectivity index (χ4n) is 2.81. The van der Waals surface area contributed by atoms with Crippen LogP contribution in [0.1, 0.15) is 49.4 Å². The van der Waals surface area contributed by atoms with Gasteiger partial charge in [-0.25, -0.2) is 4.79 Å². The van der Waals surface area contributed by atoms with E-state index in [1.54, 1.807) is 0 Å². The number of rotatable bonds is 5. The van der Waals surface area contributed by atoms with Gasteiger partial charge in [0.2, 0.25) is 0 Å². The maximum atomic E-state index is 12.2. The number of carbonyl (C=O) groups is 2. The predicted octanol–water partition coefficient (Wildman–Crippen LogP) is 3.82. The van der Waals surface area contributed by atoms with Gasteiger partial charge in [0.25, 0.3) is 5.91 Å². The summed E-state index contributed by atoms with van der Waals surface area (Å²) in [4.78, 5) is 24.3. The van der Waals surface area contributed by atoms with Crippen LogP contribution in [0.4, 0.5) is 5.69 Å². The topological polar surface area (TPSA) is 81.4 Å². The lowest BCUT2D eigenvalue weighted by Crippen LogP contribution is -2.38. The average Bonchev–Trinajstić information content (AvgIpc) is 2.56. The van der Waals surface area contributed by atoms with Crippen LogP contribution in [0.5, 0.6) is 0 Å². The Morgan fingerprint density at radius 3 is 2.62 bits per heavy atom. The molecule has 2 rings (SSSR count). The Kier molecular flexibility index (Phi) is 6.75. The lowest BCUT2D eigenvalue weighted by Gasteiger charge is -2.22. The molecule has 7 heteroatoms. The summed E-state index contributed by atoms with van der Waals surface area (Å²) < 4.78 is 5.18. The zero-order valence-electron chi connectivity index (χ0n) is 13.6. The third-order valence-electron chi connectivity index (χ3n) is 4.26. The van der Waals surface area contributed by atoms with Crippen LogP contribution < -0.4 is 11.1 Å². The molecule has 1 fully saturated rings. The van der Waals surface area contributed by atoms with Gasteiger partial charge in [-0.2, -0.15) is 0 Å². The number of anilines is 1. The Morgan fingerprint density at radius 1 is 1.29 bits per heavy atom. The average molecular weight is 373 g/mol. The Hall–Kier alpha value is -1.46. The number of nitrogens with two attached hydrogens (primary N) is 1. The van der Waals surface area contributed by atoms with Crippen molar-refractivity contribution < 1.29 is 14.3 Å². The summed E-state index contributed by atoms with van der Waals surface area (Å²) in [5, 5.41) is 3.29. The molecular formula is C17H22Cl2N2O3. The van der Waals surface area contributed by atoms with E-state index in [4.69, 9.17) is 33.7 Å². The summed E-state index contributed by atoms with van der Waals surface area (Å²) in [6.45, 7) is 2.14. The molecule has 3 N–H and O–H groups in total. The maximum Gasteiger partial charge on any atom is 0.341 e. The first-order valence-electron chi connectivity index (χ1n) is 8.11. The van der Waals surface area contributed by atoms with Gasteiger partial charge in [0.05, 0.1) is 16.3 Å². The Labute approximate surface area is 151 Å². The van der Waals surface area contributed by atoms with Crippen LogP contribution in [0.15, 0.2) is 12.1 Å². The lowest BCUT2D eigenvalue weighted by molar-refractivity contribution is -0.129. The fourth-order valence-corrected chi connectivity index (χ4v) is 3.30. The number of carbonyl (C=O) groups excluding carboxylic acids is 2. The molecule has 1 aromatic rings. The van der Waals surface area contributed by atoms with Crippen LogP contribution >= 0.6 is 23.2 Å². The van der Waals surface area contributed by atoms with Crippen LogP contribution in [0, 0.1) is 5.92 Å². The molecule has 1 aliphatic carbocycles. The van der Waals surface area contributed by atoms with E-state index < -0.39 is 12.1 Å². The van der Waals surface area contributed by atoms with Gasteiger partial charge in [-0.3, -0.25) is 4.79 Å². The number of ether oxygens (including phenoxy) is 1. The van der Waals surface area contributed by atoms with Crippen molar-refractivity contribution in [1.29, 1.82) is 0 Å². The van der Waals surface area contributed by atoms with Gasteiger partial charge in [-0.15, -0.1) is 0 Å². The van der Waals surface area contributed by atoms with Gasteiger partial charge in [0.1, 0.15) is 0 Å². The highest BCUT2D eigenvalue weighted by atomic mass is 35.5. The van der Waals surface area contributed by atoms with Crippen LogP contribution in [0.25, 0.3) is 0 Å². The molecule has 0 spiro atoms. The van der Waals surface area contributed by atoms with Gasteiger partial charge in [0.15, 0.2) is 6.10 Å². The second kappa shape index (κ2) is 8.58. The Balaban J connectivity index is 1.89. The van der Waals surface area contributed by atoms with E-state index in [0.717, 1.165) is 12.8 Å². The molecule has 132 valence electrons. The summed E-state index contributed by atoms with van der Waals surface area (Å²) in [5.41, 5.74) is 5.91. The van der Waals surface area contributed by atoms with Crippen molar-refractivity contribution in [3.8, 4) is 0 Å². The minimum atomic E-state index is -0.918. The molecule has 0 aliphatic heterocycles. The number of esters is 1. The molecule has 0 heterocycles. The van der Waals surface area contributed by atoms with Crippen molar-refractivity contribution in [1.82, 2.24) is 5.32 Å². The van der Waals surface area contributed by atoms with Crippen molar-refractivity contribution in [3.63, 3.8) is 0 Å². The van der Waals surface area contributed by atoms with E-state index in [1.807, 2.05) is 0 Å². The molecule has 1 saturated carbocycles. The molecule has 24 heavy (non-hydrogen) atoms. The largest absolute Gasteiger partial charge is 0.449 e. The summed E-state index contributed by atoms with van der Waals surface area (Å²) in [6.07, 6.45) is 5.03. The van der Waals surface area contributed by atoms with Crippen LogP contribution in [-0.4, -0.2) is 24.5 Å². The third-order valence-corrected chi connectivity index (χ3v) is 4.79. The first kappa shape index (κ1) is 18.9. The lowest BCUT2D eigenvalue weighted by atomic mass is 9.89. The highest BCUT2D eigenvalue weighted by Gasteiger charge is 2.23. The molecular weight excluding hydrogens is 351 g/mol. The monoisotopic (exact) mass is 372 g/mol. The maximum absolute atomic E-state index is 12.2. The molecule has 1 atom stereocenters. The van der Waals surface area contributed by atoms with Crippen molar-refractivity contribution in [2.75, 3.05) is 12.3 Å². The van der Waals surface area contributed by atoms with Gasteiger partial charge >= 0.3 is 5.97 Å². The minimum absolute atomic E-state index is 0.0550. The normalized spacial score (nSPS) is 16.5. The van der Waals surface area contributed by atoms with Crippen molar-refractivity contribution in [2.24, 2.45) is 5.92 Å². The Bertz CT molecular complexity index is 616. The molecule has 5 nitrogen and oxygen atoms in total. The molecule has 0 bridgehead atoms. The van der Waals surface area contributed by atoms with Gasteiger partial charge < -0.3 is 15.8 Å². The SMILES string of the molecule is C[C@@H](OC(=O)c1cc(Cl)cc(Cl)c1N)C(=O)NCC1CCCCC1. The number of nitrogens with one attached hydrogen (secondary N) is 1. The first-order chi connectivity index (χ1) is 11.4. The quantitative estimate of drug-likeness (QED) is 0.607. The van der Waals surface area contributed by atoms with Gasteiger partial charge in [-0.05, 0) is 37.8 Å². The third kappa shape index (κ3) is 5.02. The summed E-state index contributed by atoms with van der Waals surface area (Å²) in [6, 6.07) is 2.81. The summed E-state index contributed by atoms with van der Waals surface area (Å²) in [5.74, 6) is -0.536. The molecule has 1 aromatic carbocycles. The van der Waals surface area contributed by atoms with E-state index in [-0.39, 0.29) is 27.2 Å². The van der Waals surface area contributed by atoms with E-state index in [1.165, 1.54) is 38.3 Å². The van der Waals surface area contributed by atoms with Gasteiger partial charge in [0, 0.05) is 11.6 Å². The molecule has 1 aliphatic rings. The van der Waals surface area contributed by atoms with Crippen molar-refractivity contribution >= 4 is 40.8 Å². The summed E-state index contributed by atoms with van der Waals surface area (Å²) in [7, 11) is 0. The number of halogens is 2. The highest BCUT2D eigenvalue weighted by molar-refractivity contribution is 6.37. The van der Waals surface area contributed by atoms with E-state index in [2.05, 4.69) is 5.32 Å². The van der Waals surface area contributed by atoms with Gasteiger partial charge in [-0.1, -0.05) is 42.5 Å². The Morgan fingerprint density at radius 2 is 1.96 bits per heavy atom. The zero-order valence-corrected chi connectivity index (χ0v) is 15.1. The number of hydrogen-bond donors (Lipinski definition) is 2. The second-order valence-corrected chi connectivity index (χ2v) is 6.99. The van der Waals surface area contributed by atoms with E-state index >= 15 is 0 Å². The number of hydrogen-bond acceptors (Lipinski definition) is 4. The van der Waals surface area contributed by atoms with E-state index in [0.29, 0.717) is 12.5 Å². The van der Waals surface area contributed by atoms with E-state index in [9.17, 15) is 9.59 Å². The predicted molar refractivity (Wildman–Crippen MR) is 95.3 cm³/mol. The second-order valence-electron chi connectivity index (χ2n) is 6.15. The number of benzene rings is 1. The highest BCUT2D eigenvalue weighted by Crippen LogP contribution is 2.28. The minimum Gasteiger partial charge on any atom is -0.449 e. The van der Waals surface area contributed by atoms with Crippen LogP contribution in [0.3, 0.4) is 0 Å². The van der Waals surface area contributed by atoms with Crippen molar-refractivity contribution in [3.05, 3.63) is 27.7 Å². The summed E-state index contributed by atoms with van der Waals surface area (Å²) >= 11 is 11.8. The molecule has 0 unspecified atom stereocenters. The number of amides is 1. The molecule has 0 aromatic heterocycles. The van der Waals surface area contributed by atoms with Crippen LogP contribution in [0.2, 0.25) is 10.0 Å². The fraction of sp³-hybridized carbons (Fsp3) is 0.529. The van der Waals surface area contributed by atoms with Crippen molar-refractivity contribution in [2.45, 2.75) is 45.1 Å². The molecule has 1 amide bonds. The zero-order chi connectivity index (χ0) is 17.7. The molecule has 0 radical (unpaired) electrons. The van der Waals surface area contributed by atoms with Crippen LogP contribution in [-0.2, 0) is 9.53 Å². The smallest absolute Gasteiger partial charge is 0.341 e. The molecule has 0 saturated heterocycles. The first-order valence-corrected chi connectivity index (χ1v) is 8.87. The standard InChI is InChI=1S/C17H22Cl2N2O3/c1-10(16(22)21-9-11-5-3-2-4-6-11)24-17(23)13-7-12(18)8-14(19)15(13)20/h7-8,10-11H,2-6,9,20H2,1H3,(H,21,22)/t10-/m1/s1.